The maximum absolute atomic E-state index is 3.71. The molecule has 5 rings (SSSR count). The van der Waals surface area contributed by atoms with Gasteiger partial charge in [0.2, 0.25) is 0 Å². The Morgan fingerprint density at radius 1 is 0.750 bits per heavy atom. The van der Waals surface area contributed by atoms with Gasteiger partial charge in [0.25, 0.3) is 0 Å². The van der Waals surface area contributed by atoms with E-state index in [0.717, 1.165) is 12.5 Å². The number of fused-ring (bicyclic) bond motifs is 1. The lowest BCUT2D eigenvalue weighted by molar-refractivity contribution is 0.556. The third-order valence-corrected chi connectivity index (χ3v) is 5.99. The Morgan fingerprint density at radius 2 is 1.39 bits per heavy atom. The number of nitrogens with zero attached hydrogens (tertiary/aromatic N) is 1. The molecule has 0 unspecified atom stereocenters. The first-order valence-electron chi connectivity index (χ1n) is 10.4. The van der Waals surface area contributed by atoms with E-state index in [2.05, 4.69) is 94.8 Å². The van der Waals surface area contributed by atoms with Gasteiger partial charge in [-0.05, 0) is 37.0 Å². The molecule has 0 aliphatic heterocycles. The van der Waals surface area contributed by atoms with Gasteiger partial charge in [-0.25, -0.2) is 0 Å². The van der Waals surface area contributed by atoms with E-state index in [1.165, 1.54) is 59.2 Å². The molecule has 1 aromatic heterocycles. The van der Waals surface area contributed by atoms with Crippen LogP contribution >= 0.6 is 0 Å². The van der Waals surface area contributed by atoms with Crippen LogP contribution in [0.5, 0.6) is 0 Å². The third kappa shape index (κ3) is 3.20. The molecule has 2 nitrogen and oxygen atoms in total. The Hall–Kier alpha value is -3.00. The molecule has 0 bridgehead atoms. The van der Waals surface area contributed by atoms with Crippen molar-refractivity contribution < 1.29 is 0 Å². The number of aromatic nitrogens is 1. The van der Waals surface area contributed by atoms with Crippen LogP contribution in [0.3, 0.4) is 0 Å². The smallest absolute Gasteiger partial charge is 0.0750 e. The molecule has 0 saturated heterocycles. The van der Waals surface area contributed by atoms with Crippen molar-refractivity contribution in [2.45, 2.75) is 25.7 Å². The molecular formula is C26H26N2. The molecular weight excluding hydrogens is 340 g/mol. The molecule has 0 atom stereocenters. The van der Waals surface area contributed by atoms with Gasteiger partial charge in [0, 0.05) is 28.7 Å². The Bertz CT molecular complexity index is 1040. The van der Waals surface area contributed by atoms with Crippen molar-refractivity contribution in [1.82, 2.24) is 4.98 Å². The number of nitrogens with one attached hydrogen (secondary N) is 1. The molecule has 140 valence electrons. The number of aromatic amines is 1. The average Bonchev–Trinajstić information content (AvgIpc) is 3.41. The highest BCUT2D eigenvalue weighted by atomic mass is 15.2. The van der Waals surface area contributed by atoms with Crippen molar-refractivity contribution in [3.63, 3.8) is 0 Å². The maximum Gasteiger partial charge on any atom is 0.0750 e. The highest BCUT2D eigenvalue weighted by Gasteiger charge is 2.24. The van der Waals surface area contributed by atoms with Crippen molar-refractivity contribution in [1.29, 1.82) is 0 Å². The van der Waals surface area contributed by atoms with Crippen LogP contribution in [-0.2, 0) is 0 Å². The number of benzene rings is 3. The first-order valence-corrected chi connectivity index (χ1v) is 10.4. The lowest BCUT2D eigenvalue weighted by atomic mass is 10.0. The van der Waals surface area contributed by atoms with Crippen molar-refractivity contribution >= 4 is 22.3 Å². The number of hydrogen-bond acceptors (Lipinski definition) is 1. The van der Waals surface area contributed by atoms with Crippen molar-refractivity contribution in [2.24, 2.45) is 5.92 Å². The molecule has 1 fully saturated rings. The van der Waals surface area contributed by atoms with Gasteiger partial charge in [-0.1, -0.05) is 79.6 Å². The highest BCUT2D eigenvalue weighted by molar-refractivity contribution is 6.03. The van der Waals surface area contributed by atoms with Gasteiger partial charge in [0.15, 0.2) is 0 Å². The summed E-state index contributed by atoms with van der Waals surface area (Å²) in [6.45, 7) is 1.08. The molecule has 4 aromatic rings. The van der Waals surface area contributed by atoms with Crippen molar-refractivity contribution in [2.75, 3.05) is 11.4 Å². The zero-order valence-corrected chi connectivity index (χ0v) is 16.1. The largest absolute Gasteiger partial charge is 0.353 e. The normalized spacial score (nSPS) is 14.6. The number of anilines is 2. The molecule has 1 saturated carbocycles. The summed E-state index contributed by atoms with van der Waals surface area (Å²) < 4.78 is 0. The SMILES string of the molecule is c1ccc(-c2[nH]c3ccccc3c2N(CC2CCCC2)c2ccccc2)cc1. The lowest BCUT2D eigenvalue weighted by Crippen LogP contribution is -2.24. The van der Waals surface area contributed by atoms with Gasteiger partial charge in [-0.15, -0.1) is 0 Å². The van der Waals surface area contributed by atoms with Crippen LogP contribution < -0.4 is 4.90 Å². The van der Waals surface area contributed by atoms with Gasteiger partial charge in [-0.2, -0.15) is 0 Å². The first-order chi connectivity index (χ1) is 13.9. The Balaban J connectivity index is 1.71. The number of H-pyrrole nitrogens is 1. The minimum atomic E-state index is 0.762. The van der Waals surface area contributed by atoms with E-state index >= 15 is 0 Å². The fraction of sp³-hybridized carbons (Fsp3) is 0.231. The van der Waals surface area contributed by atoms with Gasteiger partial charge in [0.05, 0.1) is 11.4 Å². The van der Waals surface area contributed by atoms with E-state index in [1.807, 2.05) is 0 Å². The standard InChI is InChI=1S/C26H26N2/c1-3-13-21(14-4-1)25-26(23-17-9-10-18-24(23)27-25)28(19-20-11-7-8-12-20)22-15-5-2-6-16-22/h1-6,9-10,13-18,20,27H,7-8,11-12,19H2. The summed E-state index contributed by atoms with van der Waals surface area (Å²) in [4.78, 5) is 6.27. The summed E-state index contributed by atoms with van der Waals surface area (Å²) in [5.74, 6) is 0.762. The lowest BCUT2D eigenvalue weighted by Gasteiger charge is -2.29. The zero-order valence-electron chi connectivity index (χ0n) is 16.1. The number of para-hydroxylation sites is 2. The molecule has 0 spiro atoms. The molecule has 0 radical (unpaired) electrons. The van der Waals surface area contributed by atoms with Gasteiger partial charge >= 0.3 is 0 Å². The van der Waals surface area contributed by atoms with Crippen LogP contribution in [0, 0.1) is 5.92 Å². The molecule has 1 N–H and O–H groups in total. The van der Waals surface area contributed by atoms with E-state index < -0.39 is 0 Å². The molecule has 2 heteroatoms. The van der Waals surface area contributed by atoms with Crippen LogP contribution in [0.1, 0.15) is 25.7 Å². The summed E-state index contributed by atoms with van der Waals surface area (Å²) in [6.07, 6.45) is 5.41. The zero-order chi connectivity index (χ0) is 18.8. The first kappa shape index (κ1) is 17.1. The van der Waals surface area contributed by atoms with Gasteiger partial charge < -0.3 is 9.88 Å². The second-order valence-corrected chi connectivity index (χ2v) is 7.86. The quantitative estimate of drug-likeness (QED) is 0.397. The Kier molecular flexibility index (Phi) is 4.62. The minimum Gasteiger partial charge on any atom is -0.353 e. The molecule has 1 aliphatic carbocycles. The van der Waals surface area contributed by atoms with Crippen molar-refractivity contribution in [3.8, 4) is 11.3 Å². The van der Waals surface area contributed by atoms with Crippen LogP contribution in [0.2, 0.25) is 0 Å². The monoisotopic (exact) mass is 366 g/mol. The molecule has 3 aromatic carbocycles. The molecule has 1 heterocycles. The van der Waals surface area contributed by atoms with E-state index in [1.54, 1.807) is 0 Å². The number of rotatable bonds is 5. The Labute approximate surface area is 166 Å². The second kappa shape index (κ2) is 7.55. The number of hydrogen-bond donors (Lipinski definition) is 1. The summed E-state index contributed by atoms with van der Waals surface area (Å²) in [5.41, 5.74) is 6.23. The molecule has 1 aliphatic rings. The second-order valence-electron chi connectivity index (χ2n) is 7.86. The topological polar surface area (TPSA) is 19.0 Å². The predicted octanol–water partition coefficient (Wildman–Crippen LogP) is 7.16. The highest BCUT2D eigenvalue weighted by Crippen LogP contribution is 2.42. The van der Waals surface area contributed by atoms with E-state index in [-0.39, 0.29) is 0 Å². The van der Waals surface area contributed by atoms with Crippen molar-refractivity contribution in [3.05, 3.63) is 84.9 Å². The fourth-order valence-corrected chi connectivity index (χ4v) is 4.61. The van der Waals surface area contributed by atoms with Gasteiger partial charge in [0.1, 0.15) is 0 Å². The summed E-state index contributed by atoms with van der Waals surface area (Å²) in [5, 5.41) is 1.29. The third-order valence-electron chi connectivity index (χ3n) is 5.99. The average molecular weight is 367 g/mol. The summed E-state index contributed by atoms with van der Waals surface area (Å²) >= 11 is 0. The molecule has 28 heavy (non-hydrogen) atoms. The Morgan fingerprint density at radius 3 is 2.14 bits per heavy atom. The predicted molar refractivity (Wildman–Crippen MR) is 119 cm³/mol. The van der Waals surface area contributed by atoms with E-state index in [0.29, 0.717) is 0 Å². The maximum atomic E-state index is 3.71. The van der Waals surface area contributed by atoms with Crippen LogP contribution in [0.25, 0.3) is 22.2 Å². The van der Waals surface area contributed by atoms with Gasteiger partial charge in [-0.3, -0.25) is 0 Å². The summed E-state index contributed by atoms with van der Waals surface area (Å²) in [7, 11) is 0. The van der Waals surface area contributed by atoms with E-state index in [9.17, 15) is 0 Å². The fourth-order valence-electron chi connectivity index (χ4n) is 4.61. The minimum absolute atomic E-state index is 0.762. The van der Waals surface area contributed by atoms with E-state index in [4.69, 9.17) is 0 Å². The summed E-state index contributed by atoms with van der Waals surface area (Å²) in [6, 6.07) is 30.3. The van der Waals surface area contributed by atoms with Crippen LogP contribution in [-0.4, -0.2) is 11.5 Å². The van der Waals surface area contributed by atoms with Crippen LogP contribution in [0.15, 0.2) is 84.9 Å². The van der Waals surface area contributed by atoms with Crippen LogP contribution in [0.4, 0.5) is 11.4 Å². The molecule has 0 amide bonds.